The topological polar surface area (TPSA) is 51.6 Å². The van der Waals surface area contributed by atoms with Gasteiger partial charge in [-0.05, 0) is 78.1 Å². The van der Waals surface area contributed by atoms with E-state index in [4.69, 9.17) is 19.9 Å². The van der Waals surface area contributed by atoms with E-state index >= 15 is 0 Å². The van der Waals surface area contributed by atoms with E-state index in [1.165, 1.54) is 11.1 Å². The number of hydrogen-bond donors (Lipinski definition) is 0. The molecule has 0 bridgehead atoms. The number of hydrogen-bond acceptors (Lipinski definition) is 4. The summed E-state index contributed by atoms with van der Waals surface area (Å²) in [5.74, 6) is 0.681. The molecule has 0 radical (unpaired) electrons. The predicted octanol–water partition coefficient (Wildman–Crippen LogP) is 12.2. The Morgan fingerprint density at radius 1 is 0.327 bits per heavy atom. The van der Waals surface area contributed by atoms with E-state index in [1.807, 2.05) is 31.2 Å². The van der Waals surface area contributed by atoms with Crippen LogP contribution in [0.25, 0.3) is 89.2 Å². The van der Waals surface area contributed by atoms with E-state index in [0.717, 1.165) is 83.5 Å². The van der Waals surface area contributed by atoms with E-state index in [2.05, 4.69) is 153 Å². The Kier molecular flexibility index (Phi) is 7.90. The van der Waals surface area contributed by atoms with Gasteiger partial charge in [0.15, 0.2) is 5.82 Å². The van der Waals surface area contributed by atoms with E-state index in [0.29, 0.717) is 5.82 Å². The normalized spacial score (nSPS) is 11.3. The molecule has 0 aliphatic heterocycles. The van der Waals surface area contributed by atoms with Crippen molar-refractivity contribution in [2.75, 3.05) is 0 Å². The van der Waals surface area contributed by atoms with Crippen molar-refractivity contribution in [2.24, 2.45) is 0 Å². The summed E-state index contributed by atoms with van der Waals surface area (Å²) in [7, 11) is 0. The molecule has 3 aromatic heterocycles. The van der Waals surface area contributed by atoms with Crippen LogP contribution in [0.4, 0.5) is 0 Å². The highest BCUT2D eigenvalue weighted by Crippen LogP contribution is 2.34. The molecule has 0 amide bonds. The molecule has 6 aromatic carbocycles. The van der Waals surface area contributed by atoms with Crippen LogP contribution in [0.2, 0.25) is 0 Å². The number of fused-ring (bicyclic) bond motifs is 3. The van der Waals surface area contributed by atoms with Gasteiger partial charge in [-0.3, -0.25) is 4.98 Å². The van der Waals surface area contributed by atoms with E-state index < -0.39 is 0 Å². The number of aryl methyl sites for hydroxylation is 2. The Bertz CT molecular complexity index is 2750. The molecule has 0 saturated carbocycles. The lowest BCUT2D eigenvalue weighted by Crippen LogP contribution is -1.96. The van der Waals surface area contributed by atoms with Crippen LogP contribution in [0.3, 0.4) is 0 Å². The molecule has 0 atom stereocenters. The smallest absolute Gasteiger partial charge is 0.160 e. The van der Waals surface area contributed by atoms with Gasteiger partial charge in [0.05, 0.1) is 28.1 Å². The highest BCUT2D eigenvalue weighted by atomic mass is 14.9. The molecular formula is C48H34N4. The zero-order valence-corrected chi connectivity index (χ0v) is 29.0. The van der Waals surface area contributed by atoms with Gasteiger partial charge < -0.3 is 0 Å². The summed E-state index contributed by atoms with van der Waals surface area (Å²) < 4.78 is 0. The van der Waals surface area contributed by atoms with Crippen LogP contribution in [0.5, 0.6) is 0 Å². The quantitative estimate of drug-likeness (QED) is 0.166. The minimum absolute atomic E-state index is 0.681. The molecule has 9 aromatic rings. The fraction of sp³-hybridized carbons (Fsp3) is 0.0417. The summed E-state index contributed by atoms with van der Waals surface area (Å²) in [4.78, 5) is 20.4. The third-order valence-electron chi connectivity index (χ3n) is 9.66. The summed E-state index contributed by atoms with van der Waals surface area (Å²) >= 11 is 0. The number of benzene rings is 6. The van der Waals surface area contributed by atoms with Crippen LogP contribution in [0, 0.1) is 13.8 Å². The number of aromatic nitrogens is 4. The van der Waals surface area contributed by atoms with Gasteiger partial charge in [-0.1, -0.05) is 133 Å². The summed E-state index contributed by atoms with van der Waals surface area (Å²) in [6, 6.07) is 59.2. The Balaban J connectivity index is 1.13. The molecule has 52 heavy (non-hydrogen) atoms. The van der Waals surface area contributed by atoms with E-state index in [-0.39, 0.29) is 0 Å². The molecular weight excluding hydrogens is 633 g/mol. The van der Waals surface area contributed by atoms with Crippen molar-refractivity contribution in [2.45, 2.75) is 13.8 Å². The van der Waals surface area contributed by atoms with Crippen molar-refractivity contribution < 1.29 is 0 Å². The Hall–Kier alpha value is -6.78. The molecule has 9 rings (SSSR count). The summed E-state index contributed by atoms with van der Waals surface area (Å²) in [6.07, 6.45) is 0. The summed E-state index contributed by atoms with van der Waals surface area (Å²) in [6.45, 7) is 4.18. The van der Waals surface area contributed by atoms with Gasteiger partial charge in [0.25, 0.3) is 0 Å². The minimum Gasteiger partial charge on any atom is -0.251 e. The molecule has 4 heteroatoms. The monoisotopic (exact) mass is 666 g/mol. The van der Waals surface area contributed by atoms with Gasteiger partial charge in [-0.15, -0.1) is 0 Å². The van der Waals surface area contributed by atoms with Gasteiger partial charge >= 0.3 is 0 Å². The molecule has 0 aliphatic rings. The maximum Gasteiger partial charge on any atom is 0.160 e. The maximum absolute atomic E-state index is 5.20. The summed E-state index contributed by atoms with van der Waals surface area (Å²) in [5.41, 5.74) is 15.3. The van der Waals surface area contributed by atoms with Crippen molar-refractivity contribution in [3.63, 3.8) is 0 Å². The van der Waals surface area contributed by atoms with Crippen LogP contribution < -0.4 is 0 Å². The largest absolute Gasteiger partial charge is 0.251 e. The number of nitrogens with zero attached hydrogens (tertiary/aromatic N) is 4. The van der Waals surface area contributed by atoms with Gasteiger partial charge in [-0.2, -0.15) is 0 Å². The fourth-order valence-electron chi connectivity index (χ4n) is 6.95. The molecule has 246 valence electrons. The second-order valence-corrected chi connectivity index (χ2v) is 13.2. The molecule has 0 saturated heterocycles. The van der Waals surface area contributed by atoms with E-state index in [9.17, 15) is 0 Å². The lowest BCUT2D eigenvalue weighted by molar-refractivity contribution is 1.18. The number of pyridine rings is 2. The third-order valence-corrected chi connectivity index (χ3v) is 9.66. The second-order valence-electron chi connectivity index (χ2n) is 13.2. The lowest BCUT2D eigenvalue weighted by atomic mass is 9.98. The first-order chi connectivity index (χ1) is 25.6. The maximum atomic E-state index is 5.20. The zero-order valence-electron chi connectivity index (χ0n) is 29.0. The van der Waals surface area contributed by atoms with Crippen molar-refractivity contribution >= 4 is 21.8 Å². The zero-order chi connectivity index (χ0) is 35.0. The van der Waals surface area contributed by atoms with E-state index in [1.54, 1.807) is 0 Å². The van der Waals surface area contributed by atoms with Gasteiger partial charge in [0.2, 0.25) is 0 Å². The predicted molar refractivity (Wildman–Crippen MR) is 215 cm³/mol. The first-order valence-electron chi connectivity index (χ1n) is 17.6. The molecule has 0 N–H and O–H groups in total. The lowest BCUT2D eigenvalue weighted by Gasteiger charge is -2.12. The number of rotatable bonds is 6. The Morgan fingerprint density at radius 3 is 1.50 bits per heavy atom. The first-order valence-corrected chi connectivity index (χ1v) is 17.6. The Morgan fingerprint density at radius 2 is 0.827 bits per heavy atom. The second kappa shape index (κ2) is 13.2. The van der Waals surface area contributed by atoms with Crippen molar-refractivity contribution in [1.82, 2.24) is 19.9 Å². The van der Waals surface area contributed by atoms with Crippen LogP contribution in [0.15, 0.2) is 170 Å². The van der Waals surface area contributed by atoms with Crippen molar-refractivity contribution in [3.8, 4) is 67.4 Å². The SMILES string of the molecule is Cc1ccc2ccc3c(C)cc(-c4cccc(-c5cccc(-c6nc(-c7ccccc7)cc(-c7cccc(-c8ccccc8)c7)n6)c5)c4)nc3c2n1. The molecule has 0 aliphatic carbocycles. The van der Waals surface area contributed by atoms with Crippen LogP contribution in [0.1, 0.15) is 11.3 Å². The standard InChI is InChI=1S/C48H34N4/c1-31-26-43(50-47-42(31)25-24-35-23-22-32(2)49-46(35)47)39-19-10-17-37(28-39)38-18-11-21-41(29-38)48-51-44(34-14-7-4-8-15-34)30-45(52-48)40-20-9-16-36(27-40)33-12-5-3-6-13-33/h3-30H,1-2H3. The molecule has 3 heterocycles. The van der Waals surface area contributed by atoms with Crippen LogP contribution >= 0.6 is 0 Å². The minimum atomic E-state index is 0.681. The molecule has 0 unspecified atom stereocenters. The molecule has 4 nitrogen and oxygen atoms in total. The molecule has 0 spiro atoms. The van der Waals surface area contributed by atoms with Gasteiger partial charge in [-0.25, -0.2) is 15.0 Å². The fourth-order valence-corrected chi connectivity index (χ4v) is 6.95. The van der Waals surface area contributed by atoms with Crippen LogP contribution in [-0.2, 0) is 0 Å². The van der Waals surface area contributed by atoms with Gasteiger partial charge in [0, 0.05) is 38.7 Å². The summed E-state index contributed by atoms with van der Waals surface area (Å²) in [5, 5.41) is 2.22. The highest BCUT2D eigenvalue weighted by Gasteiger charge is 2.14. The Labute approximate surface area is 303 Å². The van der Waals surface area contributed by atoms with Crippen molar-refractivity contribution in [1.29, 1.82) is 0 Å². The van der Waals surface area contributed by atoms with Crippen LogP contribution in [-0.4, -0.2) is 19.9 Å². The first kappa shape index (κ1) is 31.2. The van der Waals surface area contributed by atoms with Crippen molar-refractivity contribution in [3.05, 3.63) is 181 Å². The average Bonchev–Trinajstić information content (AvgIpc) is 3.21. The van der Waals surface area contributed by atoms with Gasteiger partial charge in [0.1, 0.15) is 0 Å². The third kappa shape index (κ3) is 6.01. The highest BCUT2D eigenvalue weighted by molar-refractivity contribution is 6.04. The average molecular weight is 667 g/mol. The molecule has 0 fully saturated rings.